The molecule has 6 nitrogen and oxygen atoms in total. The number of carbonyl (C=O) groups excluding carboxylic acids is 1. The van der Waals surface area contributed by atoms with E-state index in [0.717, 1.165) is 31.3 Å². The van der Waals surface area contributed by atoms with Crippen LogP contribution in [0.4, 0.5) is 16.2 Å². The van der Waals surface area contributed by atoms with Gasteiger partial charge < -0.3 is 14.6 Å². The first kappa shape index (κ1) is 21.9. The van der Waals surface area contributed by atoms with Crippen LogP contribution in [0.15, 0.2) is 66.4 Å². The van der Waals surface area contributed by atoms with Crippen molar-refractivity contribution in [2.45, 2.75) is 25.7 Å². The summed E-state index contributed by atoms with van der Waals surface area (Å²) >= 11 is 5.98. The zero-order chi connectivity index (χ0) is 21.3. The minimum Gasteiger partial charge on any atom is -0.480 e. The zero-order valence-corrected chi connectivity index (χ0v) is 17.3. The second kappa shape index (κ2) is 10.8. The number of allylic oxidation sites excluding steroid dienone is 1. The lowest BCUT2D eigenvalue weighted by Crippen LogP contribution is -2.25. The van der Waals surface area contributed by atoms with E-state index >= 15 is 0 Å². The molecule has 0 bridgehead atoms. The molecule has 158 valence electrons. The van der Waals surface area contributed by atoms with Crippen molar-refractivity contribution in [1.29, 1.82) is 0 Å². The van der Waals surface area contributed by atoms with E-state index in [0.29, 0.717) is 28.9 Å². The standard InChI is InChI=1S/C23H24ClNO5/c24-19-10-12-21(13-11-19)25(20-4-2-1-3-5-20)23(28)30-15-18-8-6-17(7-9-18)14-29-16-22(26)27/h1-5,10-13,15,17H,6-9,14,16H2,(H,26,27). The molecule has 0 heterocycles. The minimum atomic E-state index is -0.957. The van der Waals surface area contributed by atoms with Crippen molar-refractivity contribution in [3.8, 4) is 0 Å². The first-order chi connectivity index (χ1) is 14.5. The summed E-state index contributed by atoms with van der Waals surface area (Å²) in [5.41, 5.74) is 2.41. The predicted octanol–water partition coefficient (Wildman–Crippen LogP) is 5.79. The van der Waals surface area contributed by atoms with Crippen LogP contribution < -0.4 is 4.90 Å². The molecule has 2 aromatic rings. The highest BCUT2D eigenvalue weighted by atomic mass is 35.5. The number of para-hydroxylation sites is 1. The monoisotopic (exact) mass is 429 g/mol. The first-order valence-corrected chi connectivity index (χ1v) is 10.2. The summed E-state index contributed by atoms with van der Waals surface area (Å²) in [6.07, 6.45) is 4.39. The SMILES string of the molecule is O=C(O)COCC1CCC(=COC(=O)N(c2ccccc2)c2ccc(Cl)cc2)CC1. The molecule has 7 heteroatoms. The summed E-state index contributed by atoms with van der Waals surface area (Å²) in [7, 11) is 0. The van der Waals surface area contributed by atoms with Gasteiger partial charge in [-0.1, -0.05) is 29.8 Å². The summed E-state index contributed by atoms with van der Waals surface area (Å²) in [6.45, 7) is 0.175. The second-order valence-corrected chi connectivity index (χ2v) is 7.60. The Morgan fingerprint density at radius 1 is 1.03 bits per heavy atom. The maximum Gasteiger partial charge on any atom is 0.423 e. The number of carbonyl (C=O) groups is 2. The Morgan fingerprint density at radius 3 is 2.30 bits per heavy atom. The Kier molecular flexibility index (Phi) is 7.88. The third-order valence-corrected chi connectivity index (χ3v) is 5.19. The molecule has 0 radical (unpaired) electrons. The molecule has 2 aromatic carbocycles. The number of halogens is 1. The van der Waals surface area contributed by atoms with Gasteiger partial charge in [0.2, 0.25) is 0 Å². The molecule has 1 aliphatic carbocycles. The summed E-state index contributed by atoms with van der Waals surface area (Å²) in [4.78, 5) is 24.9. The highest BCUT2D eigenvalue weighted by Crippen LogP contribution is 2.30. The number of rotatable bonds is 7. The summed E-state index contributed by atoms with van der Waals surface area (Å²) < 4.78 is 10.7. The van der Waals surface area contributed by atoms with E-state index in [1.54, 1.807) is 30.5 Å². The Balaban J connectivity index is 1.61. The quantitative estimate of drug-likeness (QED) is 0.563. The number of nitrogens with zero attached hydrogens (tertiary/aromatic N) is 1. The third-order valence-electron chi connectivity index (χ3n) is 4.93. The average Bonchev–Trinajstić information content (AvgIpc) is 2.75. The topological polar surface area (TPSA) is 76.1 Å². The maximum absolute atomic E-state index is 12.9. The van der Waals surface area contributed by atoms with Crippen molar-refractivity contribution >= 4 is 35.0 Å². The van der Waals surface area contributed by atoms with E-state index in [1.807, 2.05) is 30.3 Å². The van der Waals surface area contributed by atoms with Crippen LogP contribution in [0.2, 0.25) is 5.02 Å². The van der Waals surface area contributed by atoms with Gasteiger partial charge in [0.05, 0.1) is 24.2 Å². The average molecular weight is 430 g/mol. The van der Waals surface area contributed by atoms with Crippen LogP contribution in [0.1, 0.15) is 25.7 Å². The first-order valence-electron chi connectivity index (χ1n) is 9.81. The van der Waals surface area contributed by atoms with Gasteiger partial charge in [-0.15, -0.1) is 0 Å². The second-order valence-electron chi connectivity index (χ2n) is 7.16. The Morgan fingerprint density at radius 2 is 1.67 bits per heavy atom. The molecule has 0 saturated heterocycles. The number of amides is 1. The zero-order valence-electron chi connectivity index (χ0n) is 16.5. The van der Waals surface area contributed by atoms with Crippen LogP contribution in [0.25, 0.3) is 0 Å². The van der Waals surface area contributed by atoms with E-state index in [1.165, 1.54) is 4.90 Å². The fourth-order valence-corrected chi connectivity index (χ4v) is 3.49. The van der Waals surface area contributed by atoms with Crippen molar-refractivity contribution in [1.82, 2.24) is 0 Å². The third kappa shape index (κ3) is 6.34. The molecule has 0 unspecified atom stereocenters. The molecule has 1 amide bonds. The van der Waals surface area contributed by atoms with E-state index < -0.39 is 12.1 Å². The molecule has 1 fully saturated rings. The Labute approximate surface area is 180 Å². The van der Waals surface area contributed by atoms with Crippen LogP contribution >= 0.6 is 11.6 Å². The van der Waals surface area contributed by atoms with Gasteiger partial charge in [0.1, 0.15) is 6.61 Å². The molecule has 30 heavy (non-hydrogen) atoms. The number of carboxylic acid groups (broad SMARTS) is 1. The van der Waals surface area contributed by atoms with Gasteiger partial charge in [-0.25, -0.2) is 14.5 Å². The lowest BCUT2D eigenvalue weighted by molar-refractivity contribution is -0.142. The molecule has 1 N–H and O–H groups in total. The van der Waals surface area contributed by atoms with Gasteiger partial charge >= 0.3 is 12.1 Å². The van der Waals surface area contributed by atoms with Gasteiger partial charge in [0, 0.05) is 5.02 Å². The van der Waals surface area contributed by atoms with Crippen LogP contribution in [-0.2, 0) is 14.3 Å². The number of carboxylic acids is 1. The number of hydrogen-bond donors (Lipinski definition) is 1. The lowest BCUT2D eigenvalue weighted by atomic mass is 9.87. The van der Waals surface area contributed by atoms with E-state index in [9.17, 15) is 9.59 Å². The largest absolute Gasteiger partial charge is 0.480 e. The van der Waals surface area contributed by atoms with Gasteiger partial charge in [0.25, 0.3) is 0 Å². The summed E-state index contributed by atoms with van der Waals surface area (Å²) in [6, 6.07) is 16.3. The van der Waals surface area contributed by atoms with Gasteiger partial charge in [-0.05, 0) is 73.6 Å². The van der Waals surface area contributed by atoms with Crippen LogP contribution in [-0.4, -0.2) is 30.4 Å². The van der Waals surface area contributed by atoms with Gasteiger partial charge in [0.15, 0.2) is 0 Å². The number of ether oxygens (including phenoxy) is 2. The number of benzene rings is 2. The Bertz CT molecular complexity index is 872. The van der Waals surface area contributed by atoms with Crippen molar-refractivity contribution < 1.29 is 24.2 Å². The fourth-order valence-electron chi connectivity index (χ4n) is 3.36. The predicted molar refractivity (Wildman–Crippen MR) is 115 cm³/mol. The number of anilines is 2. The molecule has 1 saturated carbocycles. The van der Waals surface area contributed by atoms with Crippen LogP contribution in [0, 0.1) is 5.92 Å². The normalized spacial score (nSPS) is 16.0. The van der Waals surface area contributed by atoms with Crippen molar-refractivity contribution in [3.05, 3.63) is 71.5 Å². The molecule has 1 aliphatic rings. The highest BCUT2D eigenvalue weighted by Gasteiger charge is 2.21. The minimum absolute atomic E-state index is 0.267. The molecular weight excluding hydrogens is 406 g/mol. The fraction of sp³-hybridized carbons (Fsp3) is 0.304. The maximum atomic E-state index is 12.9. The summed E-state index contributed by atoms with van der Waals surface area (Å²) in [5.74, 6) is -0.631. The molecule has 0 aromatic heterocycles. The molecule has 0 spiro atoms. The molecule has 0 atom stereocenters. The molecular formula is C23H24ClNO5. The van der Waals surface area contributed by atoms with E-state index in [2.05, 4.69) is 0 Å². The van der Waals surface area contributed by atoms with Gasteiger partial charge in [-0.2, -0.15) is 0 Å². The van der Waals surface area contributed by atoms with Crippen molar-refractivity contribution in [2.75, 3.05) is 18.1 Å². The Hall–Kier alpha value is -2.83. The van der Waals surface area contributed by atoms with Crippen LogP contribution in [0.3, 0.4) is 0 Å². The summed E-state index contributed by atoms with van der Waals surface area (Å²) in [5, 5.41) is 9.23. The highest BCUT2D eigenvalue weighted by molar-refractivity contribution is 6.30. The number of hydrogen-bond acceptors (Lipinski definition) is 4. The van der Waals surface area contributed by atoms with Gasteiger partial charge in [-0.3, -0.25) is 0 Å². The van der Waals surface area contributed by atoms with E-state index in [4.69, 9.17) is 26.2 Å². The molecule has 3 rings (SSSR count). The smallest absolute Gasteiger partial charge is 0.423 e. The molecule has 0 aliphatic heterocycles. The van der Waals surface area contributed by atoms with E-state index in [-0.39, 0.29) is 6.61 Å². The van der Waals surface area contributed by atoms with Crippen molar-refractivity contribution in [3.63, 3.8) is 0 Å². The van der Waals surface area contributed by atoms with Crippen LogP contribution in [0.5, 0.6) is 0 Å². The van der Waals surface area contributed by atoms with Crippen molar-refractivity contribution in [2.24, 2.45) is 5.92 Å². The number of aliphatic carboxylic acids is 1. The lowest BCUT2D eigenvalue weighted by Gasteiger charge is -2.24.